The van der Waals surface area contributed by atoms with Crippen molar-refractivity contribution in [1.82, 2.24) is 9.97 Å². The van der Waals surface area contributed by atoms with Crippen LogP contribution in [0, 0.1) is 23.5 Å². The SMILES string of the molecule is COCc1cnc(CCc2ccc(C#Cc3ccc4cc(F)ccc4c3)c(F)c2)nc1. The molecule has 0 aliphatic carbocycles. The summed E-state index contributed by atoms with van der Waals surface area (Å²) in [6.07, 6.45) is 4.74. The lowest BCUT2D eigenvalue weighted by molar-refractivity contribution is 0.184. The highest BCUT2D eigenvalue weighted by molar-refractivity contribution is 5.83. The van der Waals surface area contributed by atoms with Gasteiger partial charge in [-0.15, -0.1) is 0 Å². The average molecular weight is 414 g/mol. The molecule has 0 aliphatic heterocycles. The van der Waals surface area contributed by atoms with E-state index in [2.05, 4.69) is 21.8 Å². The zero-order valence-electron chi connectivity index (χ0n) is 17.0. The predicted molar refractivity (Wildman–Crippen MR) is 116 cm³/mol. The molecule has 154 valence electrons. The Morgan fingerprint density at radius 3 is 2.35 bits per heavy atom. The Bertz CT molecular complexity index is 1270. The van der Waals surface area contributed by atoms with Crippen LogP contribution in [-0.4, -0.2) is 17.1 Å². The minimum Gasteiger partial charge on any atom is -0.380 e. The van der Waals surface area contributed by atoms with E-state index in [1.807, 2.05) is 18.2 Å². The standard InChI is InChI=1S/C26H20F2N2O/c1-31-17-20-15-29-26(30-16-20)11-5-19-3-7-21(25(28)13-19)6-2-18-4-8-23-14-24(27)10-9-22(23)12-18/h3-4,7-10,12-16H,5,11,17H2,1H3. The molecule has 0 amide bonds. The molecule has 0 spiro atoms. The third-order valence-corrected chi connectivity index (χ3v) is 4.88. The number of benzene rings is 3. The van der Waals surface area contributed by atoms with Gasteiger partial charge in [-0.1, -0.05) is 30.0 Å². The molecule has 1 aromatic heterocycles. The van der Waals surface area contributed by atoms with Crippen LogP contribution in [0.5, 0.6) is 0 Å². The summed E-state index contributed by atoms with van der Waals surface area (Å²) in [5.41, 5.74) is 2.86. The fraction of sp³-hybridized carbons (Fsp3) is 0.154. The summed E-state index contributed by atoms with van der Waals surface area (Å²) >= 11 is 0. The Hall–Kier alpha value is -3.62. The zero-order chi connectivity index (χ0) is 21.6. The summed E-state index contributed by atoms with van der Waals surface area (Å²) in [7, 11) is 1.63. The number of rotatable bonds is 5. The second kappa shape index (κ2) is 9.46. The third-order valence-electron chi connectivity index (χ3n) is 4.88. The van der Waals surface area contributed by atoms with Crippen molar-refractivity contribution in [3.8, 4) is 11.8 Å². The number of nitrogens with zero attached hydrogens (tertiary/aromatic N) is 2. The molecule has 0 N–H and O–H groups in total. The van der Waals surface area contributed by atoms with Crippen molar-refractivity contribution in [2.45, 2.75) is 19.4 Å². The normalized spacial score (nSPS) is 10.7. The van der Waals surface area contributed by atoms with Gasteiger partial charge in [0, 0.05) is 37.1 Å². The molecule has 0 unspecified atom stereocenters. The number of fused-ring (bicyclic) bond motifs is 1. The molecule has 3 aromatic carbocycles. The van der Waals surface area contributed by atoms with Crippen molar-refractivity contribution in [2.24, 2.45) is 0 Å². The zero-order valence-corrected chi connectivity index (χ0v) is 17.0. The summed E-state index contributed by atoms with van der Waals surface area (Å²) in [5, 5.41) is 1.69. The molecule has 0 saturated carbocycles. The Kier molecular flexibility index (Phi) is 6.30. The number of ether oxygens (including phenoxy) is 1. The van der Waals surface area contributed by atoms with Gasteiger partial charge in [0.15, 0.2) is 0 Å². The minimum absolute atomic E-state index is 0.275. The molecule has 1 heterocycles. The van der Waals surface area contributed by atoms with Crippen molar-refractivity contribution >= 4 is 10.8 Å². The van der Waals surface area contributed by atoms with E-state index in [9.17, 15) is 8.78 Å². The van der Waals surface area contributed by atoms with Gasteiger partial charge in [0.05, 0.1) is 12.2 Å². The van der Waals surface area contributed by atoms with Crippen LogP contribution in [0.4, 0.5) is 8.78 Å². The monoisotopic (exact) mass is 414 g/mol. The van der Waals surface area contributed by atoms with Crippen LogP contribution in [0.1, 0.15) is 28.1 Å². The fourth-order valence-electron chi connectivity index (χ4n) is 3.26. The molecule has 3 nitrogen and oxygen atoms in total. The number of hydrogen-bond donors (Lipinski definition) is 0. The van der Waals surface area contributed by atoms with E-state index in [1.165, 1.54) is 18.2 Å². The van der Waals surface area contributed by atoms with E-state index in [1.54, 1.807) is 37.7 Å². The molecule has 0 fully saturated rings. The van der Waals surface area contributed by atoms with Crippen molar-refractivity contribution in [2.75, 3.05) is 7.11 Å². The van der Waals surface area contributed by atoms with Gasteiger partial charge in [-0.05, 0) is 59.2 Å². The second-order valence-corrected chi connectivity index (χ2v) is 7.21. The van der Waals surface area contributed by atoms with Crippen molar-refractivity contribution < 1.29 is 13.5 Å². The average Bonchev–Trinajstić information content (AvgIpc) is 2.78. The maximum Gasteiger partial charge on any atom is 0.139 e. The Morgan fingerprint density at radius 2 is 1.58 bits per heavy atom. The smallest absolute Gasteiger partial charge is 0.139 e. The molecular weight excluding hydrogens is 394 g/mol. The third kappa shape index (κ3) is 5.30. The van der Waals surface area contributed by atoms with Crippen LogP contribution in [0.3, 0.4) is 0 Å². The molecule has 4 aromatic rings. The summed E-state index contributed by atoms with van der Waals surface area (Å²) in [4.78, 5) is 8.63. The van der Waals surface area contributed by atoms with E-state index < -0.39 is 0 Å². The number of hydrogen-bond acceptors (Lipinski definition) is 3. The number of aromatic nitrogens is 2. The van der Waals surface area contributed by atoms with Gasteiger partial charge in [0.2, 0.25) is 0 Å². The minimum atomic E-state index is -0.357. The molecule has 0 radical (unpaired) electrons. The number of methoxy groups -OCH3 is 1. The Labute approximate surface area is 179 Å². The van der Waals surface area contributed by atoms with Crippen molar-refractivity contribution in [1.29, 1.82) is 0 Å². The number of aryl methyl sites for hydroxylation is 2. The molecule has 31 heavy (non-hydrogen) atoms. The lowest BCUT2D eigenvalue weighted by Crippen LogP contribution is -2.00. The largest absolute Gasteiger partial charge is 0.380 e. The van der Waals surface area contributed by atoms with E-state index in [4.69, 9.17) is 4.74 Å². The molecule has 5 heteroatoms. The van der Waals surface area contributed by atoms with E-state index in [0.717, 1.165) is 27.5 Å². The van der Waals surface area contributed by atoms with Gasteiger partial charge in [-0.25, -0.2) is 18.7 Å². The maximum absolute atomic E-state index is 14.5. The summed E-state index contributed by atoms with van der Waals surface area (Å²) in [6, 6.07) is 15.1. The van der Waals surface area contributed by atoms with E-state index in [-0.39, 0.29) is 11.6 Å². The van der Waals surface area contributed by atoms with E-state index in [0.29, 0.717) is 30.8 Å². The van der Waals surface area contributed by atoms with Crippen molar-refractivity contribution in [3.05, 3.63) is 107 Å². The first kappa shape index (κ1) is 20.6. The maximum atomic E-state index is 14.5. The molecular formula is C26H20F2N2O. The molecule has 4 rings (SSSR count). The summed E-state index contributed by atoms with van der Waals surface area (Å²) in [6.45, 7) is 0.478. The highest BCUT2D eigenvalue weighted by atomic mass is 19.1. The van der Waals surface area contributed by atoms with Gasteiger partial charge in [-0.3, -0.25) is 0 Å². The van der Waals surface area contributed by atoms with Crippen LogP contribution >= 0.6 is 0 Å². The fourth-order valence-corrected chi connectivity index (χ4v) is 3.26. The van der Waals surface area contributed by atoms with Crippen LogP contribution < -0.4 is 0 Å². The summed E-state index contributed by atoms with van der Waals surface area (Å²) < 4.78 is 32.9. The van der Waals surface area contributed by atoms with Crippen LogP contribution in [0.25, 0.3) is 10.8 Å². The first-order valence-corrected chi connectivity index (χ1v) is 9.89. The second-order valence-electron chi connectivity index (χ2n) is 7.21. The van der Waals surface area contributed by atoms with E-state index >= 15 is 0 Å². The highest BCUT2D eigenvalue weighted by Crippen LogP contribution is 2.17. The molecule has 0 bridgehead atoms. The first-order valence-electron chi connectivity index (χ1n) is 9.89. The lowest BCUT2D eigenvalue weighted by atomic mass is 10.0. The first-order chi connectivity index (χ1) is 15.1. The van der Waals surface area contributed by atoms with Gasteiger partial charge >= 0.3 is 0 Å². The molecule has 0 saturated heterocycles. The predicted octanol–water partition coefficient (Wildman–Crippen LogP) is 5.24. The summed E-state index contributed by atoms with van der Waals surface area (Å²) in [5.74, 6) is 5.95. The lowest BCUT2D eigenvalue weighted by Gasteiger charge is -2.04. The van der Waals surface area contributed by atoms with Gasteiger partial charge < -0.3 is 4.74 Å². The van der Waals surface area contributed by atoms with Gasteiger partial charge in [-0.2, -0.15) is 0 Å². The van der Waals surface area contributed by atoms with Gasteiger partial charge in [0.25, 0.3) is 0 Å². The Balaban J connectivity index is 1.44. The van der Waals surface area contributed by atoms with Crippen LogP contribution in [-0.2, 0) is 24.2 Å². The quantitative estimate of drug-likeness (QED) is 0.419. The molecule has 0 aliphatic rings. The topological polar surface area (TPSA) is 35.0 Å². The Morgan fingerprint density at radius 1 is 0.806 bits per heavy atom. The van der Waals surface area contributed by atoms with Gasteiger partial charge in [0.1, 0.15) is 17.5 Å². The highest BCUT2D eigenvalue weighted by Gasteiger charge is 2.04. The van der Waals surface area contributed by atoms with Crippen LogP contribution in [0.15, 0.2) is 67.0 Å². The number of halogens is 2. The molecule has 0 atom stereocenters. The van der Waals surface area contributed by atoms with Crippen LogP contribution in [0.2, 0.25) is 0 Å². The van der Waals surface area contributed by atoms with Crippen molar-refractivity contribution in [3.63, 3.8) is 0 Å².